The minimum absolute atomic E-state index is 0.0266. The number of rotatable bonds is 8. The summed E-state index contributed by atoms with van der Waals surface area (Å²) >= 11 is 5.99. The van der Waals surface area contributed by atoms with Gasteiger partial charge in [-0.05, 0) is 20.0 Å². The van der Waals surface area contributed by atoms with Crippen molar-refractivity contribution in [2.45, 2.75) is 11.3 Å². The van der Waals surface area contributed by atoms with E-state index in [9.17, 15) is 8.42 Å². The Kier molecular flexibility index (Phi) is 6.54. The Morgan fingerprint density at radius 1 is 1.15 bits per heavy atom. The van der Waals surface area contributed by atoms with Crippen LogP contribution in [0.1, 0.15) is 6.42 Å². The van der Waals surface area contributed by atoms with E-state index in [0.717, 1.165) is 6.54 Å². The number of hydrogen-bond acceptors (Lipinski definition) is 5. The highest BCUT2D eigenvalue weighted by molar-refractivity contribution is 7.89. The van der Waals surface area contributed by atoms with E-state index in [1.165, 1.54) is 26.4 Å². The van der Waals surface area contributed by atoms with Gasteiger partial charge >= 0.3 is 0 Å². The van der Waals surface area contributed by atoms with Crippen LogP contribution in [0.25, 0.3) is 0 Å². The summed E-state index contributed by atoms with van der Waals surface area (Å²) in [5.41, 5.74) is 0. The van der Waals surface area contributed by atoms with Crippen molar-refractivity contribution < 1.29 is 17.9 Å². The number of sulfonamides is 1. The van der Waals surface area contributed by atoms with E-state index in [1.54, 1.807) is 7.05 Å². The third kappa shape index (κ3) is 4.24. The van der Waals surface area contributed by atoms with Crippen molar-refractivity contribution in [2.24, 2.45) is 0 Å². The predicted molar refractivity (Wildman–Crippen MR) is 78.3 cm³/mol. The lowest BCUT2D eigenvalue weighted by molar-refractivity contribution is 0.354. The van der Waals surface area contributed by atoms with Crippen LogP contribution in [0.2, 0.25) is 5.02 Å². The first-order chi connectivity index (χ1) is 9.46. The van der Waals surface area contributed by atoms with Gasteiger partial charge in [-0.3, -0.25) is 0 Å². The highest BCUT2D eigenvalue weighted by atomic mass is 35.5. The van der Waals surface area contributed by atoms with Gasteiger partial charge in [0.05, 0.1) is 19.2 Å². The minimum Gasteiger partial charge on any atom is -0.493 e. The van der Waals surface area contributed by atoms with E-state index < -0.39 is 10.0 Å². The number of benzene rings is 1. The summed E-state index contributed by atoms with van der Waals surface area (Å²) < 4.78 is 37.0. The van der Waals surface area contributed by atoms with Gasteiger partial charge in [-0.25, -0.2) is 13.1 Å². The van der Waals surface area contributed by atoms with E-state index >= 15 is 0 Å². The quantitative estimate of drug-likeness (QED) is 0.704. The predicted octanol–water partition coefficient (Wildman–Crippen LogP) is 1.25. The normalized spacial score (nSPS) is 11.4. The van der Waals surface area contributed by atoms with Crippen molar-refractivity contribution in [1.29, 1.82) is 0 Å². The average Bonchev–Trinajstić information content (AvgIpc) is 2.43. The molecule has 0 saturated heterocycles. The van der Waals surface area contributed by atoms with Crippen LogP contribution in [0.4, 0.5) is 0 Å². The molecule has 1 aromatic carbocycles. The van der Waals surface area contributed by atoms with Gasteiger partial charge in [0.1, 0.15) is 4.90 Å². The molecule has 0 radical (unpaired) electrons. The molecule has 1 aromatic rings. The molecular formula is C12H19ClN2O4S. The highest BCUT2D eigenvalue weighted by Crippen LogP contribution is 2.35. The molecular weight excluding hydrogens is 304 g/mol. The van der Waals surface area contributed by atoms with Gasteiger partial charge < -0.3 is 14.8 Å². The second kappa shape index (κ2) is 7.68. The molecule has 0 aliphatic rings. The molecule has 0 aliphatic carbocycles. The second-order valence-corrected chi connectivity index (χ2v) is 6.14. The Bertz CT molecular complexity index is 549. The van der Waals surface area contributed by atoms with Gasteiger partial charge in [0.2, 0.25) is 10.0 Å². The third-order valence-corrected chi connectivity index (χ3v) is 4.55. The fourth-order valence-corrected chi connectivity index (χ4v) is 3.20. The zero-order valence-corrected chi connectivity index (χ0v) is 13.3. The van der Waals surface area contributed by atoms with Crippen LogP contribution in [0.3, 0.4) is 0 Å². The average molecular weight is 323 g/mol. The van der Waals surface area contributed by atoms with Crippen LogP contribution in [0, 0.1) is 0 Å². The lowest BCUT2D eigenvalue weighted by Crippen LogP contribution is -2.27. The molecule has 6 nitrogen and oxygen atoms in total. The van der Waals surface area contributed by atoms with Crippen LogP contribution in [-0.4, -0.2) is 42.8 Å². The Balaban J connectivity index is 2.99. The molecule has 0 atom stereocenters. The molecule has 0 spiro atoms. The van der Waals surface area contributed by atoms with Crippen LogP contribution >= 0.6 is 11.6 Å². The van der Waals surface area contributed by atoms with E-state index in [1.807, 2.05) is 0 Å². The molecule has 0 bridgehead atoms. The molecule has 2 N–H and O–H groups in total. The van der Waals surface area contributed by atoms with Gasteiger partial charge in [-0.2, -0.15) is 0 Å². The lowest BCUT2D eigenvalue weighted by Gasteiger charge is -2.12. The summed E-state index contributed by atoms with van der Waals surface area (Å²) in [5.74, 6) is 0.694. The van der Waals surface area contributed by atoms with Gasteiger partial charge in [-0.15, -0.1) is 0 Å². The molecule has 0 unspecified atom stereocenters. The zero-order chi connectivity index (χ0) is 15.2. The molecule has 0 heterocycles. The Labute approximate surface area is 124 Å². The molecule has 20 heavy (non-hydrogen) atoms. The van der Waals surface area contributed by atoms with Crippen molar-refractivity contribution in [3.05, 3.63) is 17.2 Å². The molecule has 8 heteroatoms. The molecule has 114 valence electrons. The maximum atomic E-state index is 12.2. The van der Waals surface area contributed by atoms with Crippen molar-refractivity contribution in [3.63, 3.8) is 0 Å². The number of hydrogen-bond donors (Lipinski definition) is 2. The summed E-state index contributed by atoms with van der Waals surface area (Å²) in [7, 11) is 1.02. The summed E-state index contributed by atoms with van der Waals surface area (Å²) in [6, 6.07) is 2.77. The Morgan fingerprint density at radius 3 is 2.30 bits per heavy atom. The first-order valence-electron chi connectivity index (χ1n) is 6.02. The molecule has 0 saturated carbocycles. The van der Waals surface area contributed by atoms with Gasteiger partial charge in [0.25, 0.3) is 0 Å². The topological polar surface area (TPSA) is 76.7 Å². The van der Waals surface area contributed by atoms with E-state index in [4.69, 9.17) is 21.1 Å². The second-order valence-electron chi connectivity index (χ2n) is 3.99. The van der Waals surface area contributed by atoms with E-state index in [-0.39, 0.29) is 9.92 Å². The number of nitrogens with one attached hydrogen (secondary N) is 2. The zero-order valence-electron chi connectivity index (χ0n) is 11.7. The maximum Gasteiger partial charge on any atom is 0.242 e. The number of methoxy groups -OCH3 is 2. The molecule has 0 fully saturated rings. The minimum atomic E-state index is -3.67. The maximum absolute atomic E-state index is 12.2. The van der Waals surface area contributed by atoms with Gasteiger partial charge in [0.15, 0.2) is 11.5 Å². The SMILES string of the molecule is CNCCCNS(=O)(=O)c1cc(OC)c(OC)cc1Cl. The molecule has 0 amide bonds. The monoisotopic (exact) mass is 322 g/mol. The molecule has 0 aromatic heterocycles. The summed E-state index contributed by atoms with van der Waals surface area (Å²) in [4.78, 5) is -0.0266. The summed E-state index contributed by atoms with van der Waals surface area (Å²) in [6.45, 7) is 1.05. The number of halogens is 1. The standard InChI is InChI=1S/C12H19ClN2O4S/c1-14-5-4-6-15-20(16,17)12-8-11(19-3)10(18-2)7-9(12)13/h7-8,14-15H,4-6H2,1-3H3. The van der Waals surface area contributed by atoms with Crippen LogP contribution in [0.15, 0.2) is 17.0 Å². The Morgan fingerprint density at radius 2 is 1.75 bits per heavy atom. The molecule has 1 rings (SSSR count). The van der Waals surface area contributed by atoms with Crippen molar-refractivity contribution in [2.75, 3.05) is 34.4 Å². The molecule has 0 aliphatic heterocycles. The van der Waals surface area contributed by atoms with Crippen molar-refractivity contribution >= 4 is 21.6 Å². The van der Waals surface area contributed by atoms with Crippen LogP contribution < -0.4 is 19.5 Å². The van der Waals surface area contributed by atoms with Crippen molar-refractivity contribution in [3.8, 4) is 11.5 Å². The third-order valence-electron chi connectivity index (χ3n) is 2.62. The van der Waals surface area contributed by atoms with Gasteiger partial charge in [0, 0.05) is 18.7 Å². The summed E-state index contributed by atoms with van der Waals surface area (Å²) in [5, 5.41) is 3.03. The summed E-state index contributed by atoms with van der Waals surface area (Å²) in [6.07, 6.45) is 0.681. The highest BCUT2D eigenvalue weighted by Gasteiger charge is 2.20. The van der Waals surface area contributed by atoms with Crippen LogP contribution in [0.5, 0.6) is 11.5 Å². The smallest absolute Gasteiger partial charge is 0.242 e. The largest absolute Gasteiger partial charge is 0.493 e. The fourth-order valence-electron chi connectivity index (χ4n) is 1.59. The van der Waals surface area contributed by atoms with Gasteiger partial charge in [-0.1, -0.05) is 11.6 Å². The lowest BCUT2D eigenvalue weighted by atomic mass is 10.3. The fraction of sp³-hybridized carbons (Fsp3) is 0.500. The van der Waals surface area contributed by atoms with Crippen molar-refractivity contribution in [1.82, 2.24) is 10.0 Å². The first-order valence-corrected chi connectivity index (χ1v) is 7.88. The van der Waals surface area contributed by atoms with E-state index in [2.05, 4.69) is 10.0 Å². The van der Waals surface area contributed by atoms with E-state index in [0.29, 0.717) is 24.5 Å². The Hall–Kier alpha value is -1.02. The first kappa shape index (κ1) is 17.0. The number of ether oxygens (including phenoxy) is 2. The van der Waals surface area contributed by atoms with Crippen LogP contribution in [-0.2, 0) is 10.0 Å².